The monoisotopic (exact) mass is 404 g/mol. The first-order valence-corrected chi connectivity index (χ1v) is 10.5. The minimum Gasteiger partial charge on any atom is -0.390 e. The molecule has 2 saturated carbocycles. The van der Waals surface area contributed by atoms with Crippen LogP contribution in [0.25, 0.3) is 0 Å². The number of aryl methyl sites for hydroxylation is 1. The first kappa shape index (κ1) is 20.3. The van der Waals surface area contributed by atoms with E-state index < -0.39 is 18.1 Å². The molecule has 1 saturated heterocycles. The molecule has 0 aromatic heterocycles. The lowest BCUT2D eigenvalue weighted by molar-refractivity contribution is -0.146. The Morgan fingerprint density at radius 2 is 1.83 bits per heavy atom. The Bertz CT molecular complexity index is 784. The van der Waals surface area contributed by atoms with Crippen molar-refractivity contribution in [2.75, 3.05) is 13.1 Å². The van der Waals surface area contributed by atoms with E-state index in [9.17, 15) is 24.2 Å². The summed E-state index contributed by atoms with van der Waals surface area (Å²) in [5.74, 6) is -1.82. The van der Waals surface area contributed by atoms with Crippen molar-refractivity contribution in [3.05, 3.63) is 35.6 Å². The topological polar surface area (TPSA) is 89.9 Å². The SMILES string of the molecule is C[C@H]1[C@H](O)[C@@H](O)[C@H]2CN(C(=O)CCc3ccccc3F)C[C@@H]2[C@H]1C(=O)NC1CC1. The van der Waals surface area contributed by atoms with Crippen LogP contribution in [0.15, 0.2) is 24.3 Å². The number of halogens is 1. The highest BCUT2D eigenvalue weighted by Crippen LogP contribution is 2.44. The van der Waals surface area contributed by atoms with Crippen LogP contribution in [0.4, 0.5) is 4.39 Å². The van der Waals surface area contributed by atoms with Gasteiger partial charge in [-0.15, -0.1) is 0 Å². The van der Waals surface area contributed by atoms with E-state index in [-0.39, 0.29) is 47.8 Å². The van der Waals surface area contributed by atoms with E-state index in [1.165, 1.54) is 6.07 Å². The van der Waals surface area contributed by atoms with Crippen molar-refractivity contribution in [3.8, 4) is 0 Å². The standard InChI is InChI=1S/C22H29FN2O4/c1-12-19(22(29)24-14-7-8-14)15-10-25(11-16(15)21(28)20(12)27)18(26)9-6-13-4-2-3-5-17(13)23/h2-5,12,14-16,19-21,27-28H,6-11H2,1H3,(H,24,29)/t12-,15+,16+,19+,20+,21+/m1/s1. The number of benzene rings is 1. The maximum Gasteiger partial charge on any atom is 0.224 e. The third-order valence-electron chi connectivity index (χ3n) is 6.91. The Balaban J connectivity index is 1.44. The highest BCUT2D eigenvalue weighted by atomic mass is 19.1. The maximum absolute atomic E-state index is 13.8. The number of amides is 2. The lowest BCUT2D eigenvalue weighted by atomic mass is 9.65. The zero-order chi connectivity index (χ0) is 20.7. The summed E-state index contributed by atoms with van der Waals surface area (Å²) in [4.78, 5) is 27.3. The van der Waals surface area contributed by atoms with Crippen molar-refractivity contribution in [1.82, 2.24) is 10.2 Å². The molecule has 3 fully saturated rings. The molecule has 29 heavy (non-hydrogen) atoms. The number of carbonyl (C=O) groups is 2. The van der Waals surface area contributed by atoms with Gasteiger partial charge in [0, 0.05) is 37.4 Å². The molecule has 3 aliphatic rings. The molecule has 6 atom stereocenters. The van der Waals surface area contributed by atoms with Crippen LogP contribution in [0.3, 0.4) is 0 Å². The minimum atomic E-state index is -0.986. The fourth-order valence-electron chi connectivity index (χ4n) is 5.02. The first-order chi connectivity index (χ1) is 13.9. The molecule has 0 unspecified atom stereocenters. The molecule has 7 heteroatoms. The number of nitrogens with one attached hydrogen (secondary N) is 1. The molecule has 0 bridgehead atoms. The third kappa shape index (κ3) is 4.03. The van der Waals surface area contributed by atoms with Crippen molar-refractivity contribution >= 4 is 11.8 Å². The normalized spacial score (nSPS) is 34.0. The summed E-state index contributed by atoms with van der Waals surface area (Å²) in [6.07, 6.45) is 0.501. The van der Waals surface area contributed by atoms with Crippen LogP contribution in [-0.2, 0) is 16.0 Å². The fourth-order valence-corrected chi connectivity index (χ4v) is 5.02. The summed E-state index contributed by atoms with van der Waals surface area (Å²) in [6, 6.07) is 6.64. The van der Waals surface area contributed by atoms with Crippen molar-refractivity contribution in [2.24, 2.45) is 23.7 Å². The van der Waals surface area contributed by atoms with Gasteiger partial charge in [0.15, 0.2) is 0 Å². The number of rotatable bonds is 5. The second-order valence-corrected chi connectivity index (χ2v) is 8.87. The number of likely N-dealkylation sites (tertiary alicyclic amines) is 1. The summed E-state index contributed by atoms with van der Waals surface area (Å²) in [7, 11) is 0. The number of aliphatic hydroxyl groups is 2. The number of aliphatic hydroxyl groups excluding tert-OH is 2. The minimum absolute atomic E-state index is 0.0818. The van der Waals surface area contributed by atoms with Crippen molar-refractivity contribution in [1.29, 1.82) is 0 Å². The molecule has 1 aromatic carbocycles. The summed E-state index contributed by atoms with van der Waals surface area (Å²) in [5, 5.41) is 24.1. The van der Waals surface area contributed by atoms with Gasteiger partial charge in [-0.05, 0) is 42.7 Å². The molecule has 0 spiro atoms. The van der Waals surface area contributed by atoms with Crippen LogP contribution in [0, 0.1) is 29.5 Å². The Morgan fingerprint density at radius 3 is 2.52 bits per heavy atom. The van der Waals surface area contributed by atoms with Gasteiger partial charge < -0.3 is 20.4 Å². The predicted octanol–water partition coefficient (Wildman–Crippen LogP) is 1.10. The summed E-state index contributed by atoms with van der Waals surface area (Å²) in [6.45, 7) is 2.50. The number of hydrogen-bond donors (Lipinski definition) is 3. The molecular formula is C22H29FN2O4. The van der Waals surface area contributed by atoms with E-state index in [0.717, 1.165) is 12.8 Å². The lowest BCUT2D eigenvalue weighted by Gasteiger charge is -2.43. The third-order valence-corrected chi connectivity index (χ3v) is 6.91. The van der Waals surface area contributed by atoms with E-state index in [1.54, 1.807) is 30.0 Å². The zero-order valence-corrected chi connectivity index (χ0v) is 16.6. The van der Waals surface area contributed by atoms with E-state index in [0.29, 0.717) is 25.1 Å². The van der Waals surface area contributed by atoms with Gasteiger partial charge in [-0.3, -0.25) is 9.59 Å². The van der Waals surface area contributed by atoms with Crippen molar-refractivity contribution in [2.45, 2.75) is 50.9 Å². The van der Waals surface area contributed by atoms with Crippen LogP contribution >= 0.6 is 0 Å². The van der Waals surface area contributed by atoms with Crippen LogP contribution in [-0.4, -0.2) is 58.3 Å². The predicted molar refractivity (Wildman–Crippen MR) is 104 cm³/mol. The number of carbonyl (C=O) groups excluding carboxylic acids is 2. The molecule has 2 aliphatic carbocycles. The Morgan fingerprint density at radius 1 is 1.14 bits per heavy atom. The smallest absolute Gasteiger partial charge is 0.224 e. The van der Waals surface area contributed by atoms with E-state index in [2.05, 4.69) is 5.32 Å². The average molecular weight is 404 g/mol. The van der Waals surface area contributed by atoms with E-state index in [1.807, 2.05) is 0 Å². The Hall–Kier alpha value is -1.99. The second kappa shape index (κ2) is 8.03. The van der Waals surface area contributed by atoms with Crippen LogP contribution in [0.5, 0.6) is 0 Å². The molecule has 6 nitrogen and oxygen atoms in total. The maximum atomic E-state index is 13.8. The van der Waals surface area contributed by atoms with Gasteiger partial charge in [0.1, 0.15) is 5.82 Å². The fraction of sp³-hybridized carbons (Fsp3) is 0.636. The van der Waals surface area contributed by atoms with Gasteiger partial charge >= 0.3 is 0 Å². The zero-order valence-electron chi connectivity index (χ0n) is 16.6. The quantitative estimate of drug-likeness (QED) is 0.686. The van der Waals surface area contributed by atoms with Crippen LogP contribution in [0.2, 0.25) is 0 Å². The van der Waals surface area contributed by atoms with E-state index in [4.69, 9.17) is 0 Å². The van der Waals surface area contributed by atoms with Gasteiger partial charge in [-0.25, -0.2) is 4.39 Å². The molecule has 1 heterocycles. The Kier molecular flexibility index (Phi) is 5.62. The summed E-state index contributed by atoms with van der Waals surface area (Å²) in [5.41, 5.74) is 0.503. The number of fused-ring (bicyclic) bond motifs is 1. The van der Waals surface area contributed by atoms with Crippen LogP contribution < -0.4 is 5.32 Å². The van der Waals surface area contributed by atoms with Crippen LogP contribution in [0.1, 0.15) is 31.7 Å². The largest absolute Gasteiger partial charge is 0.390 e. The van der Waals surface area contributed by atoms with Crippen molar-refractivity contribution < 1.29 is 24.2 Å². The van der Waals surface area contributed by atoms with Gasteiger partial charge in [-0.1, -0.05) is 25.1 Å². The molecule has 3 N–H and O–H groups in total. The number of hydrogen-bond acceptors (Lipinski definition) is 4. The highest BCUT2D eigenvalue weighted by Gasteiger charge is 2.54. The average Bonchev–Trinajstić information content (AvgIpc) is 3.40. The van der Waals surface area contributed by atoms with E-state index >= 15 is 0 Å². The molecule has 0 radical (unpaired) electrons. The molecule has 1 aromatic rings. The number of nitrogens with zero attached hydrogens (tertiary/aromatic N) is 1. The van der Waals surface area contributed by atoms with Gasteiger partial charge in [0.2, 0.25) is 11.8 Å². The molecule has 4 rings (SSSR count). The second-order valence-electron chi connectivity index (χ2n) is 8.87. The lowest BCUT2D eigenvalue weighted by Crippen LogP contribution is -2.55. The Labute approximate surface area is 170 Å². The highest BCUT2D eigenvalue weighted by molar-refractivity contribution is 5.81. The molecule has 1 aliphatic heterocycles. The van der Waals surface area contributed by atoms with Gasteiger partial charge in [0.25, 0.3) is 0 Å². The first-order valence-electron chi connectivity index (χ1n) is 10.5. The van der Waals surface area contributed by atoms with Crippen molar-refractivity contribution in [3.63, 3.8) is 0 Å². The van der Waals surface area contributed by atoms with Gasteiger partial charge in [-0.2, -0.15) is 0 Å². The molecular weight excluding hydrogens is 375 g/mol. The summed E-state index contributed by atoms with van der Waals surface area (Å²) >= 11 is 0. The summed E-state index contributed by atoms with van der Waals surface area (Å²) < 4.78 is 13.8. The molecule has 158 valence electrons. The van der Waals surface area contributed by atoms with Gasteiger partial charge in [0.05, 0.1) is 12.2 Å². The molecule has 2 amide bonds.